The third-order valence-electron chi connectivity index (χ3n) is 2.80. The zero-order chi connectivity index (χ0) is 13.0. The molecule has 0 aliphatic carbocycles. The van der Waals surface area contributed by atoms with E-state index in [0.717, 1.165) is 5.75 Å². The molecule has 1 aliphatic heterocycles. The van der Waals surface area contributed by atoms with Crippen molar-refractivity contribution in [1.82, 2.24) is 4.90 Å². The Labute approximate surface area is 104 Å². The number of β-amino-alcohol motifs (C(OH)–C–C–N with tert-alkyl or cyclic N) is 1. The smallest absolute Gasteiger partial charge is 0.326 e. The van der Waals surface area contributed by atoms with Gasteiger partial charge < -0.3 is 20.8 Å². The summed E-state index contributed by atoms with van der Waals surface area (Å²) in [5, 5.41) is 18.4. The molecule has 4 N–H and O–H groups in total. The van der Waals surface area contributed by atoms with Crippen molar-refractivity contribution < 1.29 is 19.8 Å². The van der Waals surface area contributed by atoms with Crippen LogP contribution in [0.5, 0.6) is 0 Å². The molecule has 1 rings (SSSR count). The highest BCUT2D eigenvalue weighted by Gasteiger charge is 2.40. The number of amides is 1. The van der Waals surface area contributed by atoms with Gasteiger partial charge in [0.15, 0.2) is 0 Å². The molecule has 0 aromatic heterocycles. The van der Waals surface area contributed by atoms with Gasteiger partial charge in [0.25, 0.3) is 0 Å². The van der Waals surface area contributed by atoms with Crippen LogP contribution in [0.15, 0.2) is 0 Å². The van der Waals surface area contributed by atoms with Gasteiger partial charge in [0.2, 0.25) is 5.91 Å². The van der Waals surface area contributed by atoms with Crippen molar-refractivity contribution in [3.8, 4) is 0 Å². The molecule has 1 saturated heterocycles. The number of aliphatic carboxylic acids is 1. The van der Waals surface area contributed by atoms with E-state index in [-0.39, 0.29) is 18.9 Å². The molecule has 1 aliphatic rings. The van der Waals surface area contributed by atoms with Gasteiger partial charge in [0.1, 0.15) is 6.04 Å². The van der Waals surface area contributed by atoms with E-state index in [9.17, 15) is 14.7 Å². The molecule has 0 unspecified atom stereocenters. The minimum Gasteiger partial charge on any atom is -0.480 e. The number of thioether (sulfide) groups is 1. The molecular weight excluding hydrogens is 244 g/mol. The van der Waals surface area contributed by atoms with Crippen molar-refractivity contribution in [3.05, 3.63) is 0 Å². The molecule has 0 aromatic rings. The zero-order valence-electron chi connectivity index (χ0n) is 9.70. The molecule has 0 radical (unpaired) electrons. The SMILES string of the molecule is CSCC[C@@H](N)C(=O)N1C[C@H](O)C[C@@H]1C(=O)O. The fourth-order valence-electron chi connectivity index (χ4n) is 1.87. The van der Waals surface area contributed by atoms with Gasteiger partial charge in [-0.15, -0.1) is 0 Å². The minimum atomic E-state index is -1.09. The molecule has 17 heavy (non-hydrogen) atoms. The monoisotopic (exact) mass is 262 g/mol. The van der Waals surface area contributed by atoms with Crippen LogP contribution in [-0.4, -0.2) is 63.7 Å². The van der Waals surface area contributed by atoms with Gasteiger partial charge in [0, 0.05) is 13.0 Å². The predicted molar refractivity (Wildman–Crippen MR) is 64.7 cm³/mol. The number of carboxylic acid groups (broad SMARTS) is 1. The Morgan fingerprint density at radius 1 is 1.59 bits per heavy atom. The molecule has 1 heterocycles. The van der Waals surface area contributed by atoms with Crippen LogP contribution in [0.1, 0.15) is 12.8 Å². The lowest BCUT2D eigenvalue weighted by Gasteiger charge is -2.24. The lowest BCUT2D eigenvalue weighted by molar-refractivity contribution is -0.148. The molecule has 0 saturated carbocycles. The van der Waals surface area contributed by atoms with Crippen LogP contribution in [0.25, 0.3) is 0 Å². The van der Waals surface area contributed by atoms with Gasteiger partial charge in [-0.1, -0.05) is 0 Å². The van der Waals surface area contributed by atoms with Crippen LogP contribution in [0.3, 0.4) is 0 Å². The molecule has 0 bridgehead atoms. The molecule has 7 heteroatoms. The first-order chi connectivity index (χ1) is 7.97. The highest BCUT2D eigenvalue weighted by Crippen LogP contribution is 2.19. The maximum absolute atomic E-state index is 11.9. The van der Waals surface area contributed by atoms with Crippen molar-refractivity contribution in [2.45, 2.75) is 31.0 Å². The van der Waals surface area contributed by atoms with Gasteiger partial charge in [-0.2, -0.15) is 11.8 Å². The van der Waals surface area contributed by atoms with E-state index < -0.39 is 24.2 Å². The van der Waals surface area contributed by atoms with E-state index in [4.69, 9.17) is 10.8 Å². The number of nitrogens with two attached hydrogens (primary N) is 1. The summed E-state index contributed by atoms with van der Waals surface area (Å²) in [4.78, 5) is 24.1. The van der Waals surface area contributed by atoms with Gasteiger partial charge in [-0.3, -0.25) is 4.79 Å². The van der Waals surface area contributed by atoms with Crippen molar-refractivity contribution in [2.75, 3.05) is 18.6 Å². The second-order valence-corrected chi connectivity index (χ2v) is 5.11. The number of likely N-dealkylation sites (tertiary alicyclic amines) is 1. The summed E-state index contributed by atoms with van der Waals surface area (Å²) in [5.41, 5.74) is 5.71. The molecule has 0 spiro atoms. The average Bonchev–Trinajstić information content (AvgIpc) is 2.67. The fraction of sp³-hybridized carbons (Fsp3) is 0.800. The molecule has 3 atom stereocenters. The maximum atomic E-state index is 11.9. The Morgan fingerprint density at radius 3 is 2.76 bits per heavy atom. The molecule has 1 amide bonds. The van der Waals surface area contributed by atoms with Crippen LogP contribution < -0.4 is 5.73 Å². The van der Waals surface area contributed by atoms with Crippen molar-refractivity contribution in [1.29, 1.82) is 0 Å². The van der Waals surface area contributed by atoms with Crippen molar-refractivity contribution >= 4 is 23.6 Å². The lowest BCUT2D eigenvalue weighted by Crippen LogP contribution is -2.48. The molecule has 6 nitrogen and oxygen atoms in total. The van der Waals surface area contributed by atoms with Gasteiger partial charge >= 0.3 is 5.97 Å². The number of nitrogens with zero attached hydrogens (tertiary/aromatic N) is 1. The van der Waals surface area contributed by atoms with Crippen LogP contribution >= 0.6 is 11.8 Å². The maximum Gasteiger partial charge on any atom is 0.326 e. The van der Waals surface area contributed by atoms with E-state index in [1.165, 1.54) is 4.90 Å². The fourth-order valence-corrected chi connectivity index (χ4v) is 2.36. The summed E-state index contributed by atoms with van der Waals surface area (Å²) in [6.45, 7) is 0.0583. The number of hydrogen-bond acceptors (Lipinski definition) is 5. The summed E-state index contributed by atoms with van der Waals surface area (Å²) < 4.78 is 0. The number of carboxylic acids is 1. The third kappa shape index (κ3) is 3.58. The second-order valence-electron chi connectivity index (χ2n) is 4.12. The first-order valence-corrected chi connectivity index (χ1v) is 6.82. The quantitative estimate of drug-likeness (QED) is 0.594. The number of rotatable bonds is 5. The van der Waals surface area contributed by atoms with Crippen molar-refractivity contribution in [3.63, 3.8) is 0 Å². The van der Waals surface area contributed by atoms with Crippen LogP contribution in [-0.2, 0) is 9.59 Å². The largest absolute Gasteiger partial charge is 0.480 e. The normalized spacial score (nSPS) is 25.9. The summed E-state index contributed by atoms with van der Waals surface area (Å²) in [6.07, 6.45) is 1.74. The Kier molecular flexibility index (Phi) is 5.23. The van der Waals surface area contributed by atoms with Gasteiger partial charge in [-0.25, -0.2) is 4.79 Å². The standard InChI is InChI=1S/C10H18N2O4S/c1-17-3-2-7(11)9(14)12-5-6(13)4-8(12)10(15)16/h6-8,13H,2-5,11H2,1H3,(H,15,16)/t6-,7-,8-/m1/s1. The average molecular weight is 262 g/mol. The number of hydrogen-bond donors (Lipinski definition) is 3. The zero-order valence-corrected chi connectivity index (χ0v) is 10.5. The Hall–Kier alpha value is -0.790. The van der Waals surface area contributed by atoms with Crippen molar-refractivity contribution in [2.24, 2.45) is 5.73 Å². The van der Waals surface area contributed by atoms with E-state index in [2.05, 4.69) is 0 Å². The third-order valence-corrected chi connectivity index (χ3v) is 3.44. The van der Waals surface area contributed by atoms with E-state index in [1.54, 1.807) is 11.8 Å². The van der Waals surface area contributed by atoms with E-state index in [0.29, 0.717) is 6.42 Å². The predicted octanol–water partition coefficient (Wildman–Crippen LogP) is -0.887. The summed E-state index contributed by atoms with van der Waals surface area (Å²) in [7, 11) is 0. The first-order valence-electron chi connectivity index (χ1n) is 5.43. The molecule has 0 aromatic carbocycles. The Bertz CT molecular complexity index is 300. The minimum absolute atomic E-state index is 0.0583. The molecule has 1 fully saturated rings. The van der Waals surface area contributed by atoms with Crippen LogP contribution in [0.4, 0.5) is 0 Å². The van der Waals surface area contributed by atoms with Gasteiger partial charge in [-0.05, 0) is 18.4 Å². The molecule has 98 valence electrons. The highest BCUT2D eigenvalue weighted by atomic mass is 32.2. The van der Waals surface area contributed by atoms with E-state index >= 15 is 0 Å². The van der Waals surface area contributed by atoms with E-state index in [1.807, 2.05) is 6.26 Å². The van der Waals surface area contributed by atoms with Crippen LogP contribution in [0, 0.1) is 0 Å². The van der Waals surface area contributed by atoms with Crippen LogP contribution in [0.2, 0.25) is 0 Å². The lowest BCUT2D eigenvalue weighted by atomic mass is 10.1. The van der Waals surface area contributed by atoms with Gasteiger partial charge in [0.05, 0.1) is 12.1 Å². The summed E-state index contributed by atoms with van der Waals surface area (Å²) in [5.74, 6) is -0.726. The number of carbonyl (C=O) groups excluding carboxylic acids is 1. The first kappa shape index (κ1) is 14.3. The highest BCUT2D eigenvalue weighted by molar-refractivity contribution is 7.98. The number of aliphatic hydroxyl groups excluding tert-OH is 1. The number of carbonyl (C=O) groups is 2. The topological polar surface area (TPSA) is 104 Å². The summed E-state index contributed by atoms with van der Waals surface area (Å²) >= 11 is 1.58. The summed E-state index contributed by atoms with van der Waals surface area (Å²) in [6, 6.07) is -1.63. The number of aliphatic hydroxyl groups is 1. The second kappa shape index (κ2) is 6.23. The Balaban J connectivity index is 2.63. The molecular formula is C10H18N2O4S. The Morgan fingerprint density at radius 2 is 2.24 bits per heavy atom.